The highest BCUT2D eigenvalue weighted by atomic mass is 15.0. The summed E-state index contributed by atoms with van der Waals surface area (Å²) < 4.78 is 0. The molecule has 1 rings (SSSR count). The van der Waals surface area contributed by atoms with Gasteiger partial charge in [0, 0.05) is 13.2 Å². The highest BCUT2D eigenvalue weighted by Crippen LogP contribution is 1.91. The first kappa shape index (κ1) is 6.07. The summed E-state index contributed by atoms with van der Waals surface area (Å²) in [5.74, 6) is 0.738. The second-order valence-corrected chi connectivity index (χ2v) is 1.55. The van der Waals surface area contributed by atoms with Gasteiger partial charge in [0.1, 0.15) is 5.82 Å². The first-order valence-electron chi connectivity index (χ1n) is 2.59. The minimum atomic E-state index is 0.293. The molecule has 1 heterocycles. The fourth-order valence-electron chi connectivity index (χ4n) is 0.513. The molecule has 0 aliphatic heterocycles. The normalized spacial score (nSPS) is 9.00. The Morgan fingerprint density at radius 1 is 1.67 bits per heavy atom. The maximum atomic E-state index is 5.27. The molecule has 0 fully saturated rings. The Morgan fingerprint density at radius 2 is 2.44 bits per heavy atom. The van der Waals surface area contributed by atoms with Crippen molar-refractivity contribution >= 4 is 19.4 Å². The Morgan fingerprint density at radius 3 is 2.89 bits per heavy atom. The van der Waals surface area contributed by atoms with E-state index in [1.165, 1.54) is 0 Å². The summed E-state index contributed by atoms with van der Waals surface area (Å²) in [6, 6.07) is 1.75. The lowest BCUT2D eigenvalue weighted by atomic mass is 10.1. The molecule has 4 heteroatoms. The Kier molecular flexibility index (Phi) is 1.67. The summed E-state index contributed by atoms with van der Waals surface area (Å²) in [7, 11) is 7.05. The van der Waals surface area contributed by atoms with Gasteiger partial charge in [0.15, 0.2) is 7.85 Å². The van der Waals surface area contributed by atoms with Crippen molar-refractivity contribution in [3.63, 3.8) is 0 Å². The second-order valence-electron chi connectivity index (χ2n) is 1.55. The van der Waals surface area contributed by atoms with Crippen LogP contribution in [0.1, 0.15) is 0 Å². The number of aromatic nitrogens is 2. The van der Waals surface area contributed by atoms with Gasteiger partial charge >= 0.3 is 0 Å². The smallest absolute Gasteiger partial charge is 0.170 e. The molecule has 0 unspecified atom stereocenters. The van der Waals surface area contributed by atoms with Crippen molar-refractivity contribution in [3.8, 4) is 0 Å². The van der Waals surface area contributed by atoms with Crippen LogP contribution in [0.25, 0.3) is 0 Å². The van der Waals surface area contributed by atoms with Gasteiger partial charge in [-0.25, -0.2) is 4.98 Å². The zero-order valence-corrected chi connectivity index (χ0v) is 5.13. The SMILES string of the molecule is [B]c1nccc(NC)n1. The molecule has 0 aliphatic carbocycles. The topological polar surface area (TPSA) is 37.8 Å². The number of nitrogens with one attached hydrogen (secondary N) is 1. The number of hydrogen-bond donors (Lipinski definition) is 1. The maximum absolute atomic E-state index is 5.27. The van der Waals surface area contributed by atoms with Gasteiger partial charge in [0.05, 0.1) is 5.72 Å². The minimum absolute atomic E-state index is 0.293. The number of rotatable bonds is 1. The number of hydrogen-bond acceptors (Lipinski definition) is 3. The van der Waals surface area contributed by atoms with Crippen molar-refractivity contribution in [1.29, 1.82) is 0 Å². The molecule has 0 spiro atoms. The van der Waals surface area contributed by atoms with Crippen LogP contribution in [-0.4, -0.2) is 24.9 Å². The van der Waals surface area contributed by atoms with Crippen molar-refractivity contribution in [2.45, 2.75) is 0 Å². The first-order chi connectivity index (χ1) is 4.33. The van der Waals surface area contributed by atoms with E-state index in [1.807, 2.05) is 0 Å². The van der Waals surface area contributed by atoms with E-state index in [0.29, 0.717) is 5.72 Å². The highest BCUT2D eigenvalue weighted by molar-refractivity contribution is 6.29. The van der Waals surface area contributed by atoms with Gasteiger partial charge in [-0.05, 0) is 6.07 Å². The van der Waals surface area contributed by atoms with Crippen LogP contribution >= 0.6 is 0 Å². The van der Waals surface area contributed by atoms with Crippen molar-refractivity contribution in [1.82, 2.24) is 9.97 Å². The average Bonchev–Trinajstić information content (AvgIpc) is 1.88. The summed E-state index contributed by atoms with van der Waals surface area (Å²) in [6.45, 7) is 0. The molecule has 1 aromatic heterocycles. The third kappa shape index (κ3) is 1.42. The third-order valence-electron chi connectivity index (χ3n) is 0.930. The summed E-state index contributed by atoms with van der Waals surface area (Å²) in [5, 5.41) is 2.84. The molecular weight excluding hydrogens is 113 g/mol. The van der Waals surface area contributed by atoms with Crippen molar-refractivity contribution in [2.24, 2.45) is 0 Å². The van der Waals surface area contributed by atoms with Crippen molar-refractivity contribution in [2.75, 3.05) is 12.4 Å². The number of anilines is 1. The summed E-state index contributed by atoms with van der Waals surface area (Å²) >= 11 is 0. The highest BCUT2D eigenvalue weighted by Gasteiger charge is 1.87. The quantitative estimate of drug-likeness (QED) is 0.497. The van der Waals surface area contributed by atoms with E-state index < -0.39 is 0 Å². The lowest BCUT2D eigenvalue weighted by molar-refractivity contribution is 1.22. The summed E-state index contributed by atoms with van der Waals surface area (Å²) in [6.07, 6.45) is 1.61. The Balaban J connectivity index is 2.94. The van der Waals surface area contributed by atoms with Crippen molar-refractivity contribution < 1.29 is 0 Å². The van der Waals surface area contributed by atoms with E-state index in [4.69, 9.17) is 7.85 Å². The predicted molar refractivity (Wildman–Crippen MR) is 37.0 cm³/mol. The van der Waals surface area contributed by atoms with Gasteiger partial charge in [-0.3, -0.25) is 4.98 Å². The van der Waals surface area contributed by atoms with E-state index in [1.54, 1.807) is 19.3 Å². The second kappa shape index (κ2) is 2.48. The van der Waals surface area contributed by atoms with E-state index in [-0.39, 0.29) is 0 Å². The molecule has 9 heavy (non-hydrogen) atoms. The minimum Gasteiger partial charge on any atom is -0.373 e. The van der Waals surface area contributed by atoms with Gasteiger partial charge in [-0.1, -0.05) is 0 Å². The molecule has 0 bridgehead atoms. The Labute approximate surface area is 54.9 Å². The Hall–Kier alpha value is -1.06. The molecule has 0 saturated carbocycles. The van der Waals surface area contributed by atoms with Gasteiger partial charge in [-0.15, -0.1) is 0 Å². The first-order valence-corrected chi connectivity index (χ1v) is 2.59. The molecule has 2 radical (unpaired) electrons. The predicted octanol–water partition coefficient (Wildman–Crippen LogP) is -0.688. The molecule has 3 nitrogen and oxygen atoms in total. The number of nitrogens with zero attached hydrogens (tertiary/aromatic N) is 2. The monoisotopic (exact) mass is 119 g/mol. The fraction of sp³-hybridized carbons (Fsp3) is 0.200. The largest absolute Gasteiger partial charge is 0.373 e. The molecule has 1 N–H and O–H groups in total. The zero-order chi connectivity index (χ0) is 6.69. The van der Waals surface area contributed by atoms with E-state index in [0.717, 1.165) is 5.82 Å². The third-order valence-corrected chi connectivity index (χ3v) is 0.930. The van der Waals surface area contributed by atoms with Crippen LogP contribution in [0.15, 0.2) is 12.3 Å². The lowest BCUT2D eigenvalue weighted by Gasteiger charge is -1.96. The molecule has 0 amide bonds. The molecule has 1 aromatic rings. The molecule has 0 aliphatic rings. The maximum Gasteiger partial charge on any atom is 0.170 e. The van der Waals surface area contributed by atoms with Crippen LogP contribution in [0.2, 0.25) is 0 Å². The molecule has 0 atom stereocenters. The summed E-state index contributed by atoms with van der Waals surface area (Å²) in [5.41, 5.74) is 0.293. The van der Waals surface area contributed by atoms with Gasteiger partial charge < -0.3 is 5.32 Å². The van der Waals surface area contributed by atoms with Crippen LogP contribution in [-0.2, 0) is 0 Å². The van der Waals surface area contributed by atoms with Crippen LogP contribution in [0.4, 0.5) is 5.82 Å². The van der Waals surface area contributed by atoms with Crippen LogP contribution < -0.4 is 11.0 Å². The van der Waals surface area contributed by atoms with Crippen LogP contribution in [0, 0.1) is 0 Å². The van der Waals surface area contributed by atoms with Crippen LogP contribution in [0.3, 0.4) is 0 Å². The molecule has 44 valence electrons. The van der Waals surface area contributed by atoms with E-state index >= 15 is 0 Å². The van der Waals surface area contributed by atoms with Gasteiger partial charge in [0.25, 0.3) is 0 Å². The van der Waals surface area contributed by atoms with Crippen LogP contribution in [0.5, 0.6) is 0 Å². The molecular formula is C5H6BN3. The standard InChI is InChI=1S/C5H6BN3/c1-7-4-2-3-8-5(6)9-4/h2-3H,1H3,(H,7,8,9). The lowest BCUT2D eigenvalue weighted by Crippen LogP contribution is -2.13. The van der Waals surface area contributed by atoms with E-state index in [9.17, 15) is 0 Å². The Bertz CT molecular complexity index is 201. The van der Waals surface area contributed by atoms with Crippen molar-refractivity contribution in [3.05, 3.63) is 12.3 Å². The fourth-order valence-corrected chi connectivity index (χ4v) is 0.513. The van der Waals surface area contributed by atoms with Gasteiger partial charge in [-0.2, -0.15) is 0 Å². The zero-order valence-electron chi connectivity index (χ0n) is 5.13. The molecule has 0 aromatic carbocycles. The van der Waals surface area contributed by atoms with Gasteiger partial charge in [0.2, 0.25) is 0 Å². The summed E-state index contributed by atoms with van der Waals surface area (Å²) in [4.78, 5) is 7.56. The average molecular weight is 119 g/mol. The molecule has 0 saturated heterocycles. The van der Waals surface area contributed by atoms with E-state index in [2.05, 4.69) is 15.3 Å².